The molecule has 0 aliphatic rings. The lowest BCUT2D eigenvalue weighted by Gasteiger charge is -2.12. The van der Waals surface area contributed by atoms with Gasteiger partial charge in [-0.1, -0.05) is 0 Å². The zero-order valence-electron chi connectivity index (χ0n) is 32.1. The number of methoxy groups -OCH3 is 2. The first-order valence-electron chi connectivity index (χ1n) is 17.0. The summed E-state index contributed by atoms with van der Waals surface area (Å²) >= 11 is 0. The number of nitrogens with zero attached hydrogens (tertiary/aromatic N) is 5. The minimum absolute atomic E-state index is 0.0238. The maximum Gasteiger partial charge on any atom is 0.296 e. The molecule has 0 aliphatic carbocycles. The lowest BCUT2D eigenvalue weighted by molar-refractivity contribution is 0.415. The number of aliphatic imine (C=N–C) groups is 1. The molecule has 0 heterocycles. The highest BCUT2D eigenvalue weighted by Crippen LogP contribution is 2.44. The van der Waals surface area contributed by atoms with Gasteiger partial charge in [-0.2, -0.15) is 43.8 Å². The van der Waals surface area contributed by atoms with E-state index in [1.165, 1.54) is 44.6 Å². The van der Waals surface area contributed by atoms with Crippen molar-refractivity contribution in [1.82, 2.24) is 0 Å². The van der Waals surface area contributed by atoms with Gasteiger partial charge in [0.1, 0.15) is 39.2 Å². The third-order valence-electron chi connectivity index (χ3n) is 8.83. The van der Waals surface area contributed by atoms with Gasteiger partial charge in [0.05, 0.1) is 45.7 Å². The maximum atomic E-state index is 12.5. The molecule has 330 valence electrons. The normalized spacial score (nSPS) is 13.0. The number of ether oxygens (including phenoxy) is 2. The lowest BCUT2D eigenvalue weighted by Crippen LogP contribution is -2.10. The topological polar surface area (TPSA) is 370 Å². The van der Waals surface area contributed by atoms with Gasteiger partial charge in [-0.3, -0.25) is 18.2 Å². The molecule has 0 amide bonds. The number of aromatic hydroxyl groups is 2. The van der Waals surface area contributed by atoms with E-state index in [0.717, 1.165) is 42.5 Å². The van der Waals surface area contributed by atoms with Gasteiger partial charge in [-0.25, -0.2) is 0 Å². The summed E-state index contributed by atoms with van der Waals surface area (Å²) in [7, 11) is -17.1. The molecule has 0 saturated heterocycles. The molecular weight excluding hydrogens is 917 g/mol. The van der Waals surface area contributed by atoms with Gasteiger partial charge < -0.3 is 30.1 Å². The van der Waals surface area contributed by atoms with Gasteiger partial charge in [0.25, 0.3) is 46.5 Å². The maximum absolute atomic E-state index is 12.5. The Kier molecular flexibility index (Phi) is 12.2. The number of phenolic OH excluding ortho intramolecular Hbond substituents is 2. The van der Waals surface area contributed by atoms with Crippen molar-refractivity contribution in [2.24, 2.45) is 25.4 Å². The highest BCUT2D eigenvalue weighted by molar-refractivity contribution is 7.86. The minimum atomic E-state index is -5.13. The van der Waals surface area contributed by atoms with Crippen molar-refractivity contribution in [2.75, 3.05) is 19.5 Å². The van der Waals surface area contributed by atoms with Crippen LogP contribution in [0.1, 0.15) is 5.56 Å². The quantitative estimate of drug-likeness (QED) is 0.0260. The Morgan fingerprint density at radius 1 is 0.571 bits per heavy atom. The van der Waals surface area contributed by atoms with Gasteiger partial charge in [-0.05, 0) is 96.1 Å². The monoisotopic (exact) mass is 946 g/mol. The molecular formula is C36H30N6O17S4. The standard InChI is InChI=1S/C36H30N6O17S4/c1-17-8-31(59-3)26(16-25(17)39-41-28-14-22(61(49,50)51)10-19-11-23(62(52,53)54)15-29(43)33(19)28)38-36(45)37-20-4-6-24-18(9-20)12-32(63(55,56)57)34(35(24)44)42-40-27-13-21(60(46,47)48)5-7-30(27)58-2/h4-16,43-44H,1-3H3,(H2,37,38,45)(H,46,47,48)(H,49,50,51)(H,52,53,54)(H,55,56,57). The summed E-state index contributed by atoms with van der Waals surface area (Å²) in [5.41, 5.74) is -0.996. The van der Waals surface area contributed by atoms with Crippen molar-refractivity contribution in [3.8, 4) is 23.0 Å². The smallest absolute Gasteiger partial charge is 0.296 e. The summed E-state index contributed by atoms with van der Waals surface area (Å²) in [5.74, 6) is -1.49. The highest BCUT2D eigenvalue weighted by Gasteiger charge is 2.24. The van der Waals surface area contributed by atoms with Gasteiger partial charge in [0, 0.05) is 17.1 Å². The molecule has 0 unspecified atom stereocenters. The summed E-state index contributed by atoms with van der Waals surface area (Å²) in [6, 6.07) is 12.9. The van der Waals surface area contributed by atoms with Crippen molar-refractivity contribution in [3.05, 3.63) is 84.4 Å². The van der Waals surface area contributed by atoms with E-state index in [1.54, 1.807) is 6.92 Å². The third-order valence-corrected chi connectivity index (χ3v) is 12.2. The molecule has 27 heteroatoms. The number of fused-ring (bicyclic) bond motifs is 2. The number of phenols is 2. The molecule has 0 atom stereocenters. The molecule has 0 radical (unpaired) electrons. The number of anilines is 1. The van der Waals surface area contributed by atoms with Crippen molar-refractivity contribution < 1.29 is 76.7 Å². The van der Waals surface area contributed by atoms with Crippen LogP contribution in [0.3, 0.4) is 0 Å². The number of aliphatic hydroxyl groups is 1. The second-order valence-electron chi connectivity index (χ2n) is 13.0. The average Bonchev–Trinajstić information content (AvgIpc) is 3.18. The number of hydrogen-bond acceptors (Lipinski definition) is 17. The minimum Gasteiger partial charge on any atom is -0.507 e. The van der Waals surface area contributed by atoms with Crippen molar-refractivity contribution >= 4 is 102 Å². The molecule has 0 aromatic heterocycles. The Morgan fingerprint density at radius 2 is 1.16 bits per heavy atom. The van der Waals surface area contributed by atoms with Crippen LogP contribution in [0.2, 0.25) is 0 Å². The first-order valence-corrected chi connectivity index (χ1v) is 22.8. The third kappa shape index (κ3) is 9.95. The summed E-state index contributed by atoms with van der Waals surface area (Å²) in [4.78, 5) is 1.04. The molecule has 23 nitrogen and oxygen atoms in total. The van der Waals surface area contributed by atoms with Crippen molar-refractivity contribution in [1.29, 1.82) is 0 Å². The number of benzene rings is 6. The van der Waals surface area contributed by atoms with Crippen LogP contribution in [0, 0.1) is 6.92 Å². The van der Waals surface area contributed by atoms with E-state index in [1.807, 2.05) is 0 Å². The number of aliphatic hydroxyl groups excluding tert-OH is 1. The Labute approximate surface area is 356 Å². The number of azo groups is 2. The van der Waals surface area contributed by atoms with E-state index < -0.39 is 83.3 Å². The summed E-state index contributed by atoms with van der Waals surface area (Å²) in [6.07, 6.45) is 0. The molecule has 6 aromatic rings. The van der Waals surface area contributed by atoms with Gasteiger partial charge in [0.15, 0.2) is 5.75 Å². The fraction of sp³-hybridized carbons (Fsp3) is 0.0833. The second-order valence-corrected chi connectivity index (χ2v) is 18.7. The Morgan fingerprint density at radius 3 is 1.76 bits per heavy atom. The lowest BCUT2D eigenvalue weighted by atomic mass is 10.1. The van der Waals surface area contributed by atoms with Crippen LogP contribution >= 0.6 is 0 Å². The second kappa shape index (κ2) is 16.8. The van der Waals surface area contributed by atoms with E-state index in [9.17, 15) is 67.2 Å². The molecule has 6 aromatic carbocycles. The van der Waals surface area contributed by atoms with Crippen molar-refractivity contribution in [2.45, 2.75) is 26.5 Å². The van der Waals surface area contributed by atoms with E-state index in [4.69, 9.17) is 9.47 Å². The van der Waals surface area contributed by atoms with E-state index in [-0.39, 0.29) is 61.5 Å². The van der Waals surface area contributed by atoms with Crippen molar-refractivity contribution in [3.63, 3.8) is 0 Å². The van der Waals surface area contributed by atoms with E-state index >= 15 is 0 Å². The number of hydrogen-bond donors (Lipinski definition) is 8. The summed E-state index contributed by atoms with van der Waals surface area (Å²) in [5, 5.41) is 50.4. The largest absolute Gasteiger partial charge is 0.507 e. The molecule has 0 bridgehead atoms. The van der Waals surface area contributed by atoms with E-state index in [2.05, 4.69) is 30.8 Å². The molecule has 0 saturated carbocycles. The number of rotatable bonds is 12. The SMILES string of the molecule is COc1ccc(S(=O)(=O)O)cc1N=Nc1c(S(=O)(=O)O)cc2cc(NC(O)=Nc3cc(N=Nc4cc(S(=O)(=O)O)cc5cc(S(=O)(=O)O)cc(O)c45)c(C)cc3OC)ccc2c1O. The Balaban J connectivity index is 1.36. The van der Waals surface area contributed by atoms with E-state index in [0.29, 0.717) is 11.6 Å². The number of amidine groups is 1. The van der Waals surface area contributed by atoms with Crippen LogP contribution in [0.15, 0.2) is 124 Å². The molecule has 8 N–H and O–H groups in total. The van der Waals surface area contributed by atoms with Crippen LogP contribution in [-0.4, -0.2) is 87.4 Å². The number of aryl methyl sites for hydroxylation is 1. The fourth-order valence-electron chi connectivity index (χ4n) is 5.92. The Hall–Kier alpha value is -6.85. The fourth-order valence-corrected chi connectivity index (χ4v) is 8.16. The van der Waals surface area contributed by atoms with Gasteiger partial charge in [0.2, 0.25) is 0 Å². The molecule has 0 aliphatic heterocycles. The predicted molar refractivity (Wildman–Crippen MR) is 223 cm³/mol. The summed E-state index contributed by atoms with van der Waals surface area (Å²) in [6.45, 7) is 1.57. The average molecular weight is 947 g/mol. The van der Waals surface area contributed by atoms with Gasteiger partial charge in [-0.15, -0.1) is 15.3 Å². The zero-order valence-corrected chi connectivity index (χ0v) is 35.4. The highest BCUT2D eigenvalue weighted by atomic mass is 32.2. The zero-order chi connectivity index (χ0) is 46.4. The predicted octanol–water partition coefficient (Wildman–Crippen LogP) is 7.21. The van der Waals surface area contributed by atoms with Crippen LogP contribution in [0.25, 0.3) is 21.5 Å². The first-order chi connectivity index (χ1) is 29.3. The van der Waals surface area contributed by atoms with Gasteiger partial charge >= 0.3 is 0 Å². The first kappa shape index (κ1) is 45.7. The molecule has 6 rings (SSSR count). The van der Waals surface area contributed by atoms with Crippen LogP contribution < -0.4 is 14.8 Å². The Bertz CT molecular complexity index is 3450. The van der Waals surface area contributed by atoms with Crippen LogP contribution in [0.4, 0.5) is 34.1 Å². The molecule has 0 spiro atoms. The molecule has 0 fully saturated rings. The van der Waals surface area contributed by atoms with Crippen LogP contribution in [-0.2, 0) is 40.5 Å². The summed E-state index contributed by atoms with van der Waals surface area (Å²) < 4.78 is 145. The van der Waals surface area contributed by atoms with Crippen LogP contribution in [0.5, 0.6) is 23.0 Å². The molecule has 63 heavy (non-hydrogen) atoms. The number of nitrogens with one attached hydrogen (secondary N) is 1.